The summed E-state index contributed by atoms with van der Waals surface area (Å²) in [7, 11) is -2.69. The van der Waals surface area contributed by atoms with Gasteiger partial charge in [-0.15, -0.1) is 0 Å². The summed E-state index contributed by atoms with van der Waals surface area (Å²) in [5.41, 5.74) is 1.83. The summed E-state index contributed by atoms with van der Waals surface area (Å²) in [4.78, 5) is 16.2. The van der Waals surface area contributed by atoms with Gasteiger partial charge in [0.1, 0.15) is 0 Å². The second-order valence-corrected chi connectivity index (χ2v) is 10.5. The minimum Gasteiger partial charge on any atom is -0.312 e. The summed E-state index contributed by atoms with van der Waals surface area (Å²) >= 11 is 0. The van der Waals surface area contributed by atoms with Gasteiger partial charge in [0.2, 0.25) is 5.91 Å². The van der Waals surface area contributed by atoms with Gasteiger partial charge in [0, 0.05) is 56.8 Å². The fourth-order valence-corrected chi connectivity index (χ4v) is 6.00. The van der Waals surface area contributed by atoms with E-state index in [2.05, 4.69) is 10.8 Å². The summed E-state index contributed by atoms with van der Waals surface area (Å²) in [6.45, 7) is 4.77. The van der Waals surface area contributed by atoms with Crippen molar-refractivity contribution >= 4 is 27.2 Å². The van der Waals surface area contributed by atoms with Crippen LogP contribution in [0.5, 0.6) is 0 Å². The predicted molar refractivity (Wildman–Crippen MR) is 120 cm³/mol. The van der Waals surface area contributed by atoms with Crippen LogP contribution in [0.2, 0.25) is 0 Å². The van der Waals surface area contributed by atoms with Gasteiger partial charge in [-0.2, -0.15) is 13.2 Å². The van der Waals surface area contributed by atoms with Crippen LogP contribution in [0, 0.1) is 0 Å². The van der Waals surface area contributed by atoms with E-state index in [1.807, 2.05) is 16.4 Å². The van der Waals surface area contributed by atoms with Crippen LogP contribution in [-0.4, -0.2) is 57.9 Å². The van der Waals surface area contributed by atoms with Gasteiger partial charge in [0.25, 0.3) is 0 Å². The molecule has 0 aromatic heterocycles. The Labute approximate surface area is 186 Å². The minimum atomic E-state index is -4.36. The van der Waals surface area contributed by atoms with E-state index in [4.69, 9.17) is 0 Å². The van der Waals surface area contributed by atoms with Crippen LogP contribution in [0.1, 0.15) is 23.6 Å². The van der Waals surface area contributed by atoms with Gasteiger partial charge in [-0.3, -0.25) is 9.69 Å². The van der Waals surface area contributed by atoms with Crippen molar-refractivity contribution in [1.29, 1.82) is 0 Å². The molecule has 0 radical (unpaired) electrons. The quantitative estimate of drug-likeness (QED) is 0.650. The number of halogens is 3. The van der Waals surface area contributed by atoms with Gasteiger partial charge in [-0.05, 0) is 47.7 Å². The van der Waals surface area contributed by atoms with Crippen LogP contribution in [0.4, 0.5) is 18.9 Å². The number of anilines is 1. The maximum absolute atomic E-state index is 13.6. The molecule has 1 atom stereocenters. The number of hydrogen-bond acceptors (Lipinski definition) is 3. The van der Waals surface area contributed by atoms with Crippen LogP contribution in [0.15, 0.2) is 47.4 Å². The van der Waals surface area contributed by atoms with E-state index in [1.54, 1.807) is 17.0 Å². The van der Waals surface area contributed by atoms with E-state index in [0.717, 1.165) is 23.7 Å². The number of carbonyl (C=O) groups excluding carboxylic acids is 1. The highest BCUT2D eigenvalue weighted by Gasteiger charge is 2.31. The Balaban J connectivity index is 1.42. The number of fused-ring (bicyclic) bond motifs is 1. The lowest BCUT2D eigenvalue weighted by Gasteiger charge is -2.36. The molecule has 2 aromatic rings. The number of carbonyl (C=O) groups is 1. The molecule has 0 saturated carbocycles. The third kappa shape index (κ3) is 4.55. The number of amides is 1. The Bertz CT molecular complexity index is 1120. The van der Waals surface area contributed by atoms with Crippen LogP contribution >= 0.6 is 0 Å². The average Bonchev–Trinajstić information content (AvgIpc) is 3.17. The SMILES string of the molecule is C=S(=O)(c1ccc2c(c1)CCN2C(C)=O)N1CCN(Cc2cccc(C(F)(F)F)c2)CC1. The first-order valence-corrected chi connectivity index (χ1v) is 12.2. The van der Waals surface area contributed by atoms with Crippen molar-refractivity contribution in [3.63, 3.8) is 0 Å². The molecule has 172 valence electrons. The van der Waals surface area contributed by atoms with Crippen molar-refractivity contribution in [3.8, 4) is 0 Å². The molecule has 4 rings (SSSR count). The van der Waals surface area contributed by atoms with Crippen LogP contribution in [-0.2, 0) is 33.6 Å². The number of alkyl halides is 3. The van der Waals surface area contributed by atoms with Crippen molar-refractivity contribution in [1.82, 2.24) is 9.21 Å². The Morgan fingerprint density at radius 3 is 2.44 bits per heavy atom. The first-order valence-electron chi connectivity index (χ1n) is 10.5. The number of benzene rings is 2. The maximum atomic E-state index is 13.6. The minimum absolute atomic E-state index is 0.0104. The van der Waals surface area contributed by atoms with Gasteiger partial charge in [-0.25, -0.2) is 8.51 Å². The zero-order valence-corrected chi connectivity index (χ0v) is 18.7. The highest BCUT2D eigenvalue weighted by Crippen LogP contribution is 2.32. The molecule has 1 unspecified atom stereocenters. The monoisotopic (exact) mass is 465 g/mol. The topological polar surface area (TPSA) is 43.9 Å². The lowest BCUT2D eigenvalue weighted by molar-refractivity contribution is -0.137. The van der Waals surface area contributed by atoms with Crippen molar-refractivity contribution in [2.45, 2.75) is 31.0 Å². The van der Waals surface area contributed by atoms with Crippen LogP contribution < -0.4 is 4.90 Å². The van der Waals surface area contributed by atoms with Crippen molar-refractivity contribution in [2.75, 3.05) is 37.6 Å². The molecule has 1 saturated heterocycles. The van der Waals surface area contributed by atoms with Crippen molar-refractivity contribution in [3.05, 3.63) is 59.2 Å². The Hall–Kier alpha value is -2.36. The summed E-state index contributed by atoms with van der Waals surface area (Å²) in [6, 6.07) is 10.9. The Kier molecular flexibility index (Phi) is 6.08. The molecule has 2 heterocycles. The molecule has 1 amide bonds. The molecular formula is C23H26F3N3O2S. The molecule has 2 aliphatic heterocycles. The zero-order valence-electron chi connectivity index (χ0n) is 17.9. The summed E-state index contributed by atoms with van der Waals surface area (Å²) in [6.07, 6.45) is -3.63. The number of rotatable bonds is 4. The summed E-state index contributed by atoms with van der Waals surface area (Å²) in [5.74, 6) is 4.01. The van der Waals surface area contributed by atoms with Gasteiger partial charge >= 0.3 is 6.18 Å². The number of hydrogen-bond donors (Lipinski definition) is 0. The van der Waals surface area contributed by atoms with E-state index >= 15 is 0 Å². The van der Waals surface area contributed by atoms with Crippen molar-refractivity contribution in [2.24, 2.45) is 0 Å². The van der Waals surface area contributed by atoms with Crippen molar-refractivity contribution < 1.29 is 22.2 Å². The van der Waals surface area contributed by atoms with Gasteiger partial charge < -0.3 is 4.90 Å². The highest BCUT2D eigenvalue weighted by atomic mass is 32.2. The molecule has 0 aliphatic carbocycles. The third-order valence-corrected chi connectivity index (χ3v) is 8.29. The zero-order chi connectivity index (χ0) is 23.1. The maximum Gasteiger partial charge on any atom is 0.416 e. The third-order valence-electron chi connectivity index (χ3n) is 6.10. The van der Waals surface area contributed by atoms with Gasteiger partial charge in [0.05, 0.1) is 15.3 Å². The predicted octanol–water partition coefficient (Wildman–Crippen LogP) is 3.42. The lowest BCUT2D eigenvalue weighted by Crippen LogP contribution is -2.48. The molecule has 5 nitrogen and oxygen atoms in total. The smallest absolute Gasteiger partial charge is 0.312 e. The fraction of sp³-hybridized carbons (Fsp3) is 0.391. The first kappa shape index (κ1) is 22.8. The molecule has 0 bridgehead atoms. The normalized spacial score (nSPS) is 19.6. The lowest BCUT2D eigenvalue weighted by atomic mass is 10.1. The fourth-order valence-electron chi connectivity index (χ4n) is 4.34. The number of nitrogens with zero attached hydrogens (tertiary/aromatic N) is 3. The molecule has 0 spiro atoms. The van der Waals surface area contributed by atoms with Gasteiger partial charge in [0.15, 0.2) is 0 Å². The van der Waals surface area contributed by atoms with Crippen LogP contribution in [0.25, 0.3) is 0 Å². The molecule has 1 fully saturated rings. The molecule has 2 aromatic carbocycles. The molecule has 0 N–H and O–H groups in total. The Morgan fingerprint density at radius 1 is 1.06 bits per heavy atom. The van der Waals surface area contributed by atoms with E-state index in [-0.39, 0.29) is 5.91 Å². The van der Waals surface area contributed by atoms with E-state index in [1.165, 1.54) is 19.1 Å². The summed E-state index contributed by atoms with van der Waals surface area (Å²) < 4.78 is 54.3. The highest BCUT2D eigenvalue weighted by molar-refractivity contribution is 7.98. The number of piperazine rings is 1. The first-order chi connectivity index (χ1) is 15.1. The molecular weight excluding hydrogens is 439 g/mol. The average molecular weight is 466 g/mol. The van der Waals surface area contributed by atoms with E-state index in [9.17, 15) is 22.2 Å². The van der Waals surface area contributed by atoms with Crippen LogP contribution in [0.3, 0.4) is 0 Å². The van der Waals surface area contributed by atoms with E-state index in [0.29, 0.717) is 49.7 Å². The Morgan fingerprint density at radius 2 is 1.78 bits per heavy atom. The summed E-state index contributed by atoms with van der Waals surface area (Å²) in [5, 5.41) is 0. The second kappa shape index (κ2) is 8.53. The molecule has 9 heteroatoms. The largest absolute Gasteiger partial charge is 0.416 e. The van der Waals surface area contributed by atoms with Gasteiger partial charge in [-0.1, -0.05) is 18.2 Å². The second-order valence-electron chi connectivity index (χ2n) is 8.25. The molecule has 2 aliphatic rings. The van der Waals surface area contributed by atoms with E-state index < -0.39 is 21.4 Å². The molecule has 32 heavy (non-hydrogen) atoms. The standard InChI is InChI=1S/C23H26F3N3O2S/c1-17(30)29-9-8-19-15-21(6-7-22(19)29)32(2,31)28-12-10-27(11-13-28)16-18-4-3-5-20(14-18)23(24,25)26/h3-7,14-15H,2,8-13,16H2,1H3.